The number of piperazine rings is 1. The van der Waals surface area contributed by atoms with Gasteiger partial charge in [-0.2, -0.15) is 0 Å². The lowest BCUT2D eigenvalue weighted by Crippen LogP contribution is -2.49. The number of carbonyl (C=O) groups is 1. The first kappa shape index (κ1) is 20.3. The van der Waals surface area contributed by atoms with E-state index in [1.807, 2.05) is 37.3 Å². The van der Waals surface area contributed by atoms with Crippen LogP contribution in [0, 0.1) is 0 Å². The van der Waals surface area contributed by atoms with Gasteiger partial charge in [0.2, 0.25) is 5.91 Å². The van der Waals surface area contributed by atoms with Gasteiger partial charge in [-0.15, -0.1) is 11.3 Å². The second-order valence-corrected chi connectivity index (χ2v) is 8.96. The molecule has 7 heteroatoms. The average Bonchev–Trinajstić information content (AvgIpc) is 3.12. The highest BCUT2D eigenvalue weighted by molar-refractivity contribution is 7.18. The zero-order valence-electron chi connectivity index (χ0n) is 16.5. The third-order valence-electron chi connectivity index (χ3n) is 5.28. The first-order valence-electron chi connectivity index (χ1n) is 9.91. The van der Waals surface area contributed by atoms with Crippen LogP contribution in [0.4, 0.5) is 0 Å². The normalized spacial score (nSPS) is 16.8. The number of halogens is 1. The molecule has 0 spiro atoms. The van der Waals surface area contributed by atoms with Crippen LogP contribution >= 0.6 is 22.9 Å². The lowest BCUT2D eigenvalue weighted by Gasteiger charge is -2.34. The van der Waals surface area contributed by atoms with Crippen LogP contribution in [-0.2, 0) is 11.3 Å². The second-order valence-electron chi connectivity index (χ2n) is 7.44. The molecular formula is C22H25ClN4OS. The molecule has 152 valence electrons. The number of benzene rings is 2. The molecule has 1 unspecified atom stereocenters. The summed E-state index contributed by atoms with van der Waals surface area (Å²) in [7, 11) is 0. The molecular weight excluding hydrogens is 404 g/mol. The topological polar surface area (TPSA) is 48.5 Å². The zero-order valence-corrected chi connectivity index (χ0v) is 18.0. The number of hydrogen-bond donors (Lipinski definition) is 1. The lowest BCUT2D eigenvalue weighted by atomic mass is 10.1. The molecule has 4 rings (SSSR count). The van der Waals surface area contributed by atoms with E-state index in [1.54, 1.807) is 11.3 Å². The van der Waals surface area contributed by atoms with Gasteiger partial charge in [0.25, 0.3) is 0 Å². The van der Waals surface area contributed by atoms with Crippen molar-refractivity contribution < 1.29 is 4.79 Å². The quantitative estimate of drug-likeness (QED) is 0.646. The lowest BCUT2D eigenvalue weighted by molar-refractivity contribution is -0.123. The molecule has 2 heterocycles. The SMILES string of the molecule is CC(NC(=O)CN1CCN(Cc2nc3ccccc3s2)CC1)c1ccccc1Cl. The van der Waals surface area contributed by atoms with Gasteiger partial charge in [-0.25, -0.2) is 4.98 Å². The van der Waals surface area contributed by atoms with Crippen LogP contribution in [-0.4, -0.2) is 53.4 Å². The fraction of sp³-hybridized carbons (Fsp3) is 0.364. The molecule has 29 heavy (non-hydrogen) atoms. The van der Waals surface area contributed by atoms with Crippen molar-refractivity contribution in [3.63, 3.8) is 0 Å². The van der Waals surface area contributed by atoms with Gasteiger partial charge in [0.1, 0.15) is 5.01 Å². The fourth-order valence-electron chi connectivity index (χ4n) is 3.68. The molecule has 0 aliphatic carbocycles. The Balaban J connectivity index is 1.24. The number of fused-ring (bicyclic) bond motifs is 1. The van der Waals surface area contributed by atoms with Gasteiger partial charge in [-0.1, -0.05) is 41.9 Å². The summed E-state index contributed by atoms with van der Waals surface area (Å²) < 4.78 is 1.24. The number of aromatic nitrogens is 1. The molecule has 0 radical (unpaired) electrons. The minimum absolute atomic E-state index is 0.0389. The molecule has 1 aliphatic rings. The molecule has 2 aromatic carbocycles. The standard InChI is InChI=1S/C22H25ClN4OS/c1-16(17-6-2-3-7-18(17)23)24-21(28)14-26-10-12-27(13-11-26)15-22-25-19-8-4-5-9-20(19)29-22/h2-9,16H,10-15H2,1H3,(H,24,28). The molecule has 1 fully saturated rings. The van der Waals surface area contributed by atoms with Gasteiger partial charge >= 0.3 is 0 Å². The third kappa shape index (κ3) is 5.14. The van der Waals surface area contributed by atoms with Crippen LogP contribution in [0.5, 0.6) is 0 Å². The molecule has 1 aliphatic heterocycles. The van der Waals surface area contributed by atoms with Gasteiger partial charge in [0.15, 0.2) is 0 Å². The first-order valence-corrected chi connectivity index (χ1v) is 11.1. The van der Waals surface area contributed by atoms with Crippen molar-refractivity contribution in [2.75, 3.05) is 32.7 Å². The molecule has 1 aromatic heterocycles. The third-order valence-corrected chi connectivity index (χ3v) is 6.64. The highest BCUT2D eigenvalue weighted by atomic mass is 35.5. The van der Waals surface area contributed by atoms with E-state index in [0.29, 0.717) is 11.6 Å². The number of thiazole rings is 1. The van der Waals surface area contributed by atoms with Crippen molar-refractivity contribution in [2.45, 2.75) is 19.5 Å². The van der Waals surface area contributed by atoms with Crippen molar-refractivity contribution in [3.05, 3.63) is 64.1 Å². The van der Waals surface area contributed by atoms with E-state index >= 15 is 0 Å². The minimum Gasteiger partial charge on any atom is -0.348 e. The van der Waals surface area contributed by atoms with Crippen LogP contribution in [0.25, 0.3) is 10.2 Å². The zero-order chi connectivity index (χ0) is 20.2. The monoisotopic (exact) mass is 428 g/mol. The number of rotatable bonds is 6. The largest absolute Gasteiger partial charge is 0.348 e. The fourth-order valence-corrected chi connectivity index (χ4v) is 4.99. The molecule has 0 bridgehead atoms. The van der Waals surface area contributed by atoms with Gasteiger partial charge in [-0.05, 0) is 30.7 Å². The van der Waals surface area contributed by atoms with Crippen molar-refractivity contribution >= 4 is 39.1 Å². The molecule has 1 amide bonds. The Bertz CT molecular complexity index is 951. The highest BCUT2D eigenvalue weighted by Crippen LogP contribution is 2.23. The molecule has 5 nitrogen and oxygen atoms in total. The first-order chi connectivity index (χ1) is 14.1. The average molecular weight is 429 g/mol. The number of amides is 1. The summed E-state index contributed by atoms with van der Waals surface area (Å²) in [5, 5.41) is 4.91. The van der Waals surface area contributed by atoms with Crippen LogP contribution in [0.2, 0.25) is 5.02 Å². The Morgan fingerprint density at radius 2 is 1.79 bits per heavy atom. The van der Waals surface area contributed by atoms with E-state index in [1.165, 1.54) is 4.70 Å². The summed E-state index contributed by atoms with van der Waals surface area (Å²) in [5.74, 6) is 0.0389. The molecule has 0 saturated carbocycles. The number of nitrogens with zero attached hydrogens (tertiary/aromatic N) is 3. The van der Waals surface area contributed by atoms with Crippen LogP contribution in [0.1, 0.15) is 23.5 Å². The Kier molecular flexibility index (Phi) is 6.45. The Labute approximate surface area is 180 Å². The summed E-state index contributed by atoms with van der Waals surface area (Å²) in [5.41, 5.74) is 2.03. The highest BCUT2D eigenvalue weighted by Gasteiger charge is 2.21. The van der Waals surface area contributed by atoms with E-state index in [4.69, 9.17) is 16.6 Å². The summed E-state index contributed by atoms with van der Waals surface area (Å²) in [4.78, 5) is 21.8. The van der Waals surface area contributed by atoms with Crippen LogP contribution in [0.3, 0.4) is 0 Å². The maximum absolute atomic E-state index is 12.5. The van der Waals surface area contributed by atoms with Gasteiger partial charge in [-0.3, -0.25) is 14.6 Å². The Morgan fingerprint density at radius 3 is 2.55 bits per heavy atom. The van der Waals surface area contributed by atoms with Crippen LogP contribution < -0.4 is 5.32 Å². The summed E-state index contributed by atoms with van der Waals surface area (Å²) in [6.07, 6.45) is 0. The van der Waals surface area contributed by atoms with Crippen molar-refractivity contribution in [1.29, 1.82) is 0 Å². The predicted octanol–water partition coefficient (Wildman–Crippen LogP) is 3.94. The maximum atomic E-state index is 12.5. The maximum Gasteiger partial charge on any atom is 0.234 e. The van der Waals surface area contributed by atoms with Crippen molar-refractivity contribution in [3.8, 4) is 0 Å². The Morgan fingerprint density at radius 1 is 1.10 bits per heavy atom. The predicted molar refractivity (Wildman–Crippen MR) is 119 cm³/mol. The number of nitrogens with one attached hydrogen (secondary N) is 1. The number of hydrogen-bond acceptors (Lipinski definition) is 5. The van der Waals surface area contributed by atoms with Crippen LogP contribution in [0.15, 0.2) is 48.5 Å². The van der Waals surface area contributed by atoms with E-state index in [9.17, 15) is 4.79 Å². The minimum atomic E-state index is -0.100. The number of para-hydroxylation sites is 1. The van der Waals surface area contributed by atoms with Gasteiger partial charge < -0.3 is 5.32 Å². The molecule has 1 atom stereocenters. The van der Waals surface area contributed by atoms with Crippen molar-refractivity contribution in [1.82, 2.24) is 20.1 Å². The summed E-state index contributed by atoms with van der Waals surface area (Å²) in [6, 6.07) is 15.8. The van der Waals surface area contributed by atoms with Crippen molar-refractivity contribution in [2.24, 2.45) is 0 Å². The van der Waals surface area contributed by atoms with Gasteiger partial charge in [0.05, 0.1) is 29.3 Å². The smallest absolute Gasteiger partial charge is 0.234 e. The molecule has 3 aromatic rings. The molecule has 1 N–H and O–H groups in total. The Hall–Kier alpha value is -1.99. The second kappa shape index (κ2) is 9.22. The summed E-state index contributed by atoms with van der Waals surface area (Å²) in [6.45, 7) is 6.94. The van der Waals surface area contributed by atoms with E-state index in [2.05, 4.69) is 33.3 Å². The molecule has 1 saturated heterocycles. The van der Waals surface area contributed by atoms with E-state index < -0.39 is 0 Å². The summed E-state index contributed by atoms with van der Waals surface area (Å²) >= 11 is 8.00. The van der Waals surface area contributed by atoms with E-state index in [0.717, 1.165) is 48.8 Å². The van der Waals surface area contributed by atoms with Gasteiger partial charge in [0, 0.05) is 31.2 Å². The number of carbonyl (C=O) groups excluding carboxylic acids is 1. The van der Waals surface area contributed by atoms with E-state index in [-0.39, 0.29) is 11.9 Å².